The molecule has 0 bridgehead atoms. The minimum absolute atomic E-state index is 0.0333. The highest BCUT2D eigenvalue weighted by atomic mass is 16.5. The molecule has 2 aliphatic heterocycles. The van der Waals surface area contributed by atoms with E-state index in [2.05, 4.69) is 35.9 Å². The van der Waals surface area contributed by atoms with E-state index in [1.807, 2.05) is 16.8 Å². The maximum absolute atomic E-state index is 12.1. The van der Waals surface area contributed by atoms with Gasteiger partial charge in [0.15, 0.2) is 11.3 Å². The predicted octanol–water partition coefficient (Wildman–Crippen LogP) is 3.77. The summed E-state index contributed by atoms with van der Waals surface area (Å²) in [6.07, 6.45) is 0.310. The van der Waals surface area contributed by atoms with Gasteiger partial charge in [-0.1, -0.05) is 26.0 Å². The molecule has 3 aromatic rings. The smallest absolute Gasteiger partial charge is 0.409 e. The molecule has 10 heteroatoms. The molecule has 1 aromatic carbocycles. The molecule has 36 heavy (non-hydrogen) atoms. The Hall–Kier alpha value is -3.66. The summed E-state index contributed by atoms with van der Waals surface area (Å²) in [7, 11) is 1.37. The second-order valence-corrected chi connectivity index (χ2v) is 9.55. The van der Waals surface area contributed by atoms with Crippen LogP contribution in [0, 0.1) is 0 Å². The first-order valence-corrected chi connectivity index (χ1v) is 12.3. The quantitative estimate of drug-likeness (QED) is 0.572. The number of morpholine rings is 1. The third-order valence-electron chi connectivity index (χ3n) is 6.95. The number of likely N-dealkylation sites (tertiary alicyclic amines) is 1. The topological polar surface area (TPSA) is 110 Å². The van der Waals surface area contributed by atoms with Gasteiger partial charge in [0.2, 0.25) is 0 Å². The van der Waals surface area contributed by atoms with Gasteiger partial charge in [-0.25, -0.2) is 19.3 Å². The lowest BCUT2D eigenvalue weighted by Gasteiger charge is -2.29. The number of fused-ring (bicyclic) bond motifs is 1. The zero-order chi connectivity index (χ0) is 25.4. The molecule has 190 valence electrons. The van der Waals surface area contributed by atoms with E-state index in [1.165, 1.54) is 7.11 Å². The van der Waals surface area contributed by atoms with Crippen LogP contribution >= 0.6 is 0 Å². The van der Waals surface area contributed by atoms with Crippen molar-refractivity contribution in [2.45, 2.75) is 32.2 Å². The molecule has 2 aliphatic rings. The number of anilines is 1. The summed E-state index contributed by atoms with van der Waals surface area (Å²) >= 11 is 0. The van der Waals surface area contributed by atoms with Gasteiger partial charge in [0.1, 0.15) is 0 Å². The van der Waals surface area contributed by atoms with E-state index in [9.17, 15) is 14.7 Å². The first-order chi connectivity index (χ1) is 17.4. The molecule has 2 fully saturated rings. The number of carbonyl (C=O) groups excluding carboxylic acids is 1. The van der Waals surface area contributed by atoms with E-state index in [-0.39, 0.29) is 23.7 Å². The van der Waals surface area contributed by atoms with Crippen molar-refractivity contribution in [2.75, 3.05) is 51.4 Å². The normalized spacial score (nSPS) is 18.3. The number of carboxylic acid groups (broad SMARTS) is 1. The molecule has 10 nitrogen and oxygen atoms in total. The average Bonchev–Trinajstić information content (AvgIpc) is 3.53. The number of aromatic nitrogens is 3. The molecule has 1 amide bonds. The summed E-state index contributed by atoms with van der Waals surface area (Å²) in [5.74, 6) is -1.000. The summed E-state index contributed by atoms with van der Waals surface area (Å²) in [5, 5.41) is 15.6. The third-order valence-corrected chi connectivity index (χ3v) is 6.95. The van der Waals surface area contributed by atoms with Crippen LogP contribution in [0.1, 0.15) is 48.4 Å². The number of carbonyl (C=O) groups is 2. The van der Waals surface area contributed by atoms with Crippen LogP contribution in [0.15, 0.2) is 30.3 Å². The van der Waals surface area contributed by atoms with E-state index in [1.54, 1.807) is 11.0 Å². The summed E-state index contributed by atoms with van der Waals surface area (Å²) in [6.45, 7) is 8.22. The maximum atomic E-state index is 12.1. The predicted molar refractivity (Wildman–Crippen MR) is 135 cm³/mol. The highest BCUT2D eigenvalue weighted by molar-refractivity contribution is 6.00. The molecule has 0 aliphatic carbocycles. The van der Waals surface area contributed by atoms with E-state index in [4.69, 9.17) is 14.6 Å². The van der Waals surface area contributed by atoms with Crippen molar-refractivity contribution >= 4 is 28.8 Å². The van der Waals surface area contributed by atoms with E-state index in [0.717, 1.165) is 41.0 Å². The Morgan fingerprint density at radius 1 is 1.14 bits per heavy atom. The molecule has 5 rings (SSSR count). The first kappa shape index (κ1) is 24.1. The van der Waals surface area contributed by atoms with Crippen molar-refractivity contribution in [3.63, 3.8) is 0 Å². The van der Waals surface area contributed by atoms with Gasteiger partial charge in [0.05, 0.1) is 37.4 Å². The second kappa shape index (κ2) is 9.77. The van der Waals surface area contributed by atoms with Crippen molar-refractivity contribution < 1.29 is 24.2 Å². The van der Waals surface area contributed by atoms with Gasteiger partial charge in [-0.2, -0.15) is 5.10 Å². The second-order valence-electron chi connectivity index (χ2n) is 9.55. The van der Waals surface area contributed by atoms with Gasteiger partial charge in [-0.05, 0) is 41.7 Å². The number of carboxylic acids is 1. The number of hydrogen-bond donors (Lipinski definition) is 1. The number of nitrogens with zero attached hydrogens (tertiary/aromatic N) is 5. The number of benzene rings is 1. The molecular weight excluding hydrogens is 462 g/mol. The monoisotopic (exact) mass is 493 g/mol. The lowest BCUT2D eigenvalue weighted by atomic mass is 9.97. The average molecular weight is 494 g/mol. The van der Waals surface area contributed by atoms with Crippen LogP contribution in [-0.2, 0) is 9.47 Å². The molecule has 0 saturated carbocycles. The summed E-state index contributed by atoms with van der Waals surface area (Å²) in [6, 6.07) is 9.72. The molecule has 0 spiro atoms. The molecule has 2 aromatic heterocycles. The fourth-order valence-corrected chi connectivity index (χ4v) is 5.07. The number of aromatic carboxylic acids is 1. The van der Waals surface area contributed by atoms with Gasteiger partial charge < -0.3 is 24.4 Å². The van der Waals surface area contributed by atoms with Crippen molar-refractivity contribution in [3.8, 4) is 11.1 Å². The van der Waals surface area contributed by atoms with Crippen LogP contribution in [0.5, 0.6) is 0 Å². The zero-order valence-corrected chi connectivity index (χ0v) is 20.8. The number of ether oxygens (including phenoxy) is 2. The zero-order valence-electron chi connectivity index (χ0n) is 20.8. The van der Waals surface area contributed by atoms with E-state index in [0.29, 0.717) is 38.4 Å². The number of amides is 1. The third kappa shape index (κ3) is 4.37. The Morgan fingerprint density at radius 2 is 1.86 bits per heavy atom. The Labute approximate surface area is 209 Å². The van der Waals surface area contributed by atoms with Crippen molar-refractivity contribution in [1.82, 2.24) is 19.7 Å². The molecule has 2 saturated heterocycles. The number of rotatable bonds is 5. The number of methoxy groups -OCH3 is 1. The maximum Gasteiger partial charge on any atom is 0.409 e. The van der Waals surface area contributed by atoms with Gasteiger partial charge >= 0.3 is 12.1 Å². The Bertz CT molecular complexity index is 1280. The standard InChI is InChI=1S/C26H31N5O5/c1-16(2)23-22-20(17-4-6-18(7-5-17)29-10-12-36-13-11-29)14-21(25(32)33)27-24(22)31(28-23)19-8-9-30(15-19)26(34)35-3/h4-7,14,16,19H,8-13,15H2,1-3H3,(H,32,33). The molecule has 0 radical (unpaired) electrons. The number of hydrogen-bond acceptors (Lipinski definition) is 7. The largest absolute Gasteiger partial charge is 0.477 e. The molecular formula is C26H31N5O5. The summed E-state index contributed by atoms with van der Waals surface area (Å²) in [4.78, 5) is 32.6. The van der Waals surface area contributed by atoms with E-state index >= 15 is 0 Å². The van der Waals surface area contributed by atoms with E-state index < -0.39 is 5.97 Å². The lowest BCUT2D eigenvalue weighted by Crippen LogP contribution is -2.36. The summed E-state index contributed by atoms with van der Waals surface area (Å²) in [5.41, 5.74) is 4.17. The first-order valence-electron chi connectivity index (χ1n) is 12.3. The fraction of sp³-hybridized carbons (Fsp3) is 0.462. The van der Waals surface area contributed by atoms with Gasteiger partial charge in [0.25, 0.3) is 0 Å². The van der Waals surface area contributed by atoms with Crippen LogP contribution in [0.2, 0.25) is 0 Å². The molecule has 1 N–H and O–H groups in total. The van der Waals surface area contributed by atoms with Crippen LogP contribution < -0.4 is 4.90 Å². The van der Waals surface area contributed by atoms with Gasteiger partial charge in [-0.15, -0.1) is 0 Å². The van der Waals surface area contributed by atoms with Crippen LogP contribution in [-0.4, -0.2) is 83.3 Å². The highest BCUT2D eigenvalue weighted by Gasteiger charge is 2.32. The van der Waals surface area contributed by atoms with Crippen LogP contribution in [0.4, 0.5) is 10.5 Å². The Morgan fingerprint density at radius 3 is 2.50 bits per heavy atom. The van der Waals surface area contributed by atoms with Gasteiger partial charge in [0, 0.05) is 31.9 Å². The number of pyridine rings is 1. The molecule has 4 heterocycles. The minimum Gasteiger partial charge on any atom is -0.477 e. The molecule has 1 unspecified atom stereocenters. The van der Waals surface area contributed by atoms with Crippen molar-refractivity contribution in [3.05, 3.63) is 41.7 Å². The summed E-state index contributed by atoms with van der Waals surface area (Å²) < 4.78 is 12.2. The SMILES string of the molecule is COC(=O)N1CCC(n2nc(C(C)C)c3c(-c4ccc(N5CCOCC5)cc4)cc(C(=O)O)nc32)C1. The van der Waals surface area contributed by atoms with Crippen molar-refractivity contribution in [2.24, 2.45) is 0 Å². The molecule has 1 atom stereocenters. The van der Waals surface area contributed by atoms with Crippen LogP contribution in [0.3, 0.4) is 0 Å². The fourth-order valence-electron chi connectivity index (χ4n) is 5.07. The van der Waals surface area contributed by atoms with Crippen LogP contribution in [0.25, 0.3) is 22.2 Å². The lowest BCUT2D eigenvalue weighted by molar-refractivity contribution is 0.0690. The van der Waals surface area contributed by atoms with Crippen molar-refractivity contribution in [1.29, 1.82) is 0 Å². The Kier molecular flexibility index (Phi) is 6.53. The highest BCUT2D eigenvalue weighted by Crippen LogP contribution is 2.37. The van der Waals surface area contributed by atoms with Gasteiger partial charge in [-0.3, -0.25) is 0 Å². The Balaban J connectivity index is 1.62. The minimum atomic E-state index is -1.09.